The van der Waals surface area contributed by atoms with Gasteiger partial charge in [0.05, 0.1) is 21.3 Å². The topological polar surface area (TPSA) is 63.3 Å². The van der Waals surface area contributed by atoms with E-state index in [0.29, 0.717) is 35.6 Å². The predicted molar refractivity (Wildman–Crippen MR) is 94.4 cm³/mol. The van der Waals surface area contributed by atoms with Gasteiger partial charge in [-0.05, 0) is 24.9 Å². The Morgan fingerprint density at radius 2 is 1.56 bits per heavy atom. The number of methoxy groups -OCH3 is 3. The maximum atomic E-state index is 12.5. The molecule has 1 aromatic rings. The van der Waals surface area contributed by atoms with Crippen molar-refractivity contribution in [3.63, 3.8) is 0 Å². The van der Waals surface area contributed by atoms with Gasteiger partial charge < -0.3 is 29.3 Å². The number of benzene rings is 1. The summed E-state index contributed by atoms with van der Waals surface area (Å²) in [4.78, 5) is 16.8. The van der Waals surface area contributed by atoms with E-state index in [9.17, 15) is 4.79 Å². The van der Waals surface area contributed by atoms with Crippen molar-refractivity contribution < 1.29 is 19.0 Å². The van der Waals surface area contributed by atoms with Gasteiger partial charge in [-0.1, -0.05) is 0 Å². The lowest BCUT2D eigenvalue weighted by molar-refractivity contribution is 0.201. The van der Waals surface area contributed by atoms with Gasteiger partial charge in [-0.2, -0.15) is 0 Å². The van der Waals surface area contributed by atoms with E-state index in [1.54, 1.807) is 27.4 Å². The number of ether oxygens (including phenoxy) is 3. The van der Waals surface area contributed by atoms with Crippen LogP contribution in [0.3, 0.4) is 0 Å². The maximum absolute atomic E-state index is 12.5. The third-order valence-electron chi connectivity index (χ3n) is 5.17. The van der Waals surface area contributed by atoms with Gasteiger partial charge in [-0.25, -0.2) is 4.79 Å². The molecule has 3 rings (SSSR count). The molecular formula is C18H27N3O4. The number of carbonyl (C=O) groups is 1. The smallest absolute Gasteiger partial charge is 0.317 e. The second kappa shape index (κ2) is 7.39. The molecule has 7 heteroatoms. The number of hydrogen-bond acceptors (Lipinski definition) is 5. The van der Waals surface area contributed by atoms with Gasteiger partial charge in [0.2, 0.25) is 0 Å². The summed E-state index contributed by atoms with van der Waals surface area (Å²) >= 11 is 0. The lowest BCUT2D eigenvalue weighted by atomic mass is 10.0. The molecule has 0 saturated carbocycles. The molecule has 25 heavy (non-hydrogen) atoms. The minimum absolute atomic E-state index is 0.0195. The molecule has 2 amide bonds. The van der Waals surface area contributed by atoms with Crippen molar-refractivity contribution in [3.05, 3.63) is 17.7 Å². The van der Waals surface area contributed by atoms with Crippen molar-refractivity contribution in [2.24, 2.45) is 11.8 Å². The molecule has 138 valence electrons. The molecule has 2 fully saturated rings. The van der Waals surface area contributed by atoms with Crippen LogP contribution in [0, 0.1) is 11.8 Å². The molecule has 0 aliphatic carbocycles. The highest BCUT2D eigenvalue weighted by Gasteiger charge is 2.40. The zero-order valence-electron chi connectivity index (χ0n) is 15.4. The predicted octanol–water partition coefficient (Wildman–Crippen LogP) is 1.42. The number of likely N-dealkylation sites (tertiary alicyclic amines) is 2. The van der Waals surface area contributed by atoms with Crippen LogP contribution in [-0.2, 0) is 6.54 Å². The van der Waals surface area contributed by atoms with Gasteiger partial charge in [0.25, 0.3) is 0 Å². The summed E-state index contributed by atoms with van der Waals surface area (Å²) in [5.74, 6) is 3.09. The Morgan fingerprint density at radius 1 is 1.00 bits per heavy atom. The number of nitrogens with one attached hydrogen (secondary N) is 1. The zero-order valence-corrected chi connectivity index (χ0v) is 15.4. The molecule has 1 N–H and O–H groups in total. The van der Waals surface area contributed by atoms with Crippen molar-refractivity contribution in [2.45, 2.75) is 6.54 Å². The molecule has 0 aromatic heterocycles. The van der Waals surface area contributed by atoms with Gasteiger partial charge in [0.1, 0.15) is 5.75 Å². The molecule has 2 aliphatic rings. The van der Waals surface area contributed by atoms with Gasteiger partial charge in [0.15, 0.2) is 11.5 Å². The standard InChI is InChI=1S/C18H27N3O4/c1-20-8-13-10-21(11-14(13)9-20)18(22)19-7-12-5-16(24-3)17(25-4)6-15(12)23-2/h5-6,13-14H,7-11H2,1-4H3,(H,19,22)/t13-,14+. The first-order valence-corrected chi connectivity index (χ1v) is 8.56. The fraction of sp³-hybridized carbons (Fsp3) is 0.611. The third-order valence-corrected chi connectivity index (χ3v) is 5.17. The Kier molecular flexibility index (Phi) is 5.22. The first-order chi connectivity index (χ1) is 12.0. The first kappa shape index (κ1) is 17.7. The average molecular weight is 349 g/mol. The highest BCUT2D eigenvalue weighted by atomic mass is 16.5. The van der Waals surface area contributed by atoms with E-state index < -0.39 is 0 Å². The van der Waals surface area contributed by atoms with Gasteiger partial charge in [0, 0.05) is 44.4 Å². The van der Waals surface area contributed by atoms with E-state index in [1.165, 1.54) is 0 Å². The lowest BCUT2D eigenvalue weighted by Gasteiger charge is -2.20. The summed E-state index contributed by atoms with van der Waals surface area (Å²) in [6.07, 6.45) is 0. The fourth-order valence-electron chi connectivity index (χ4n) is 3.91. The Bertz CT molecular complexity index is 623. The summed E-state index contributed by atoms with van der Waals surface area (Å²) in [6.45, 7) is 4.22. The maximum Gasteiger partial charge on any atom is 0.317 e. The molecule has 1 aromatic carbocycles. The highest BCUT2D eigenvalue weighted by Crippen LogP contribution is 2.35. The number of urea groups is 1. The number of hydrogen-bond donors (Lipinski definition) is 1. The van der Waals surface area contributed by atoms with Gasteiger partial charge >= 0.3 is 6.03 Å². The quantitative estimate of drug-likeness (QED) is 0.871. The normalized spacial score (nSPS) is 22.6. The monoisotopic (exact) mass is 349 g/mol. The largest absolute Gasteiger partial charge is 0.496 e. The molecular weight excluding hydrogens is 322 g/mol. The van der Waals surface area contributed by atoms with Crippen LogP contribution in [0.25, 0.3) is 0 Å². The Morgan fingerprint density at radius 3 is 2.12 bits per heavy atom. The zero-order chi connectivity index (χ0) is 18.0. The van der Waals surface area contributed by atoms with Crippen LogP contribution in [-0.4, -0.2) is 70.4 Å². The molecule has 0 radical (unpaired) electrons. The molecule has 7 nitrogen and oxygen atoms in total. The molecule has 0 unspecified atom stereocenters. The molecule has 2 atom stereocenters. The van der Waals surface area contributed by atoms with Crippen molar-refractivity contribution in [3.8, 4) is 17.2 Å². The van der Waals surface area contributed by atoms with Crippen LogP contribution in [0.2, 0.25) is 0 Å². The molecule has 2 heterocycles. The minimum Gasteiger partial charge on any atom is -0.496 e. The summed E-state index contributed by atoms with van der Waals surface area (Å²) in [7, 11) is 6.92. The van der Waals surface area contributed by atoms with E-state index in [1.807, 2.05) is 11.0 Å². The molecule has 0 bridgehead atoms. The van der Waals surface area contributed by atoms with Crippen LogP contribution in [0.1, 0.15) is 5.56 Å². The lowest BCUT2D eigenvalue weighted by Crippen LogP contribution is -2.39. The van der Waals surface area contributed by atoms with Gasteiger partial charge in [-0.3, -0.25) is 0 Å². The van der Waals surface area contributed by atoms with Crippen LogP contribution in [0.4, 0.5) is 4.79 Å². The van der Waals surface area contributed by atoms with E-state index in [0.717, 1.165) is 31.7 Å². The van der Waals surface area contributed by atoms with Crippen molar-refractivity contribution in [1.82, 2.24) is 15.1 Å². The number of nitrogens with zero attached hydrogens (tertiary/aromatic N) is 2. The Labute approximate surface area is 148 Å². The van der Waals surface area contributed by atoms with Crippen LogP contribution in [0.5, 0.6) is 17.2 Å². The first-order valence-electron chi connectivity index (χ1n) is 8.56. The Balaban J connectivity index is 1.62. The summed E-state index contributed by atoms with van der Waals surface area (Å²) in [5.41, 5.74) is 0.854. The van der Waals surface area contributed by atoms with Crippen molar-refractivity contribution in [2.75, 3.05) is 54.6 Å². The van der Waals surface area contributed by atoms with E-state index in [-0.39, 0.29) is 6.03 Å². The molecule has 2 saturated heterocycles. The summed E-state index contributed by atoms with van der Waals surface area (Å²) < 4.78 is 16.0. The second-order valence-corrected chi connectivity index (χ2v) is 6.82. The number of amides is 2. The van der Waals surface area contributed by atoms with Crippen molar-refractivity contribution >= 4 is 6.03 Å². The highest BCUT2D eigenvalue weighted by molar-refractivity contribution is 5.74. The van der Waals surface area contributed by atoms with Crippen LogP contribution < -0.4 is 19.5 Å². The van der Waals surface area contributed by atoms with E-state index in [2.05, 4.69) is 17.3 Å². The molecule has 0 spiro atoms. The van der Waals surface area contributed by atoms with E-state index >= 15 is 0 Å². The second-order valence-electron chi connectivity index (χ2n) is 6.82. The van der Waals surface area contributed by atoms with Crippen LogP contribution >= 0.6 is 0 Å². The van der Waals surface area contributed by atoms with Crippen LogP contribution in [0.15, 0.2) is 12.1 Å². The van der Waals surface area contributed by atoms with Gasteiger partial charge in [-0.15, -0.1) is 0 Å². The third kappa shape index (κ3) is 3.61. The summed E-state index contributed by atoms with van der Waals surface area (Å²) in [5, 5.41) is 3.00. The average Bonchev–Trinajstić information content (AvgIpc) is 3.16. The number of rotatable bonds is 5. The molecule has 2 aliphatic heterocycles. The Hall–Kier alpha value is -2.15. The van der Waals surface area contributed by atoms with Crippen molar-refractivity contribution in [1.29, 1.82) is 0 Å². The van der Waals surface area contributed by atoms with E-state index in [4.69, 9.17) is 14.2 Å². The number of carbonyl (C=O) groups excluding carboxylic acids is 1. The minimum atomic E-state index is -0.0195. The number of fused-ring (bicyclic) bond motifs is 1. The SMILES string of the molecule is COc1cc(OC)c(OC)cc1CNC(=O)N1C[C@H]2CN(C)C[C@H]2C1. The summed E-state index contributed by atoms with van der Waals surface area (Å²) in [6, 6.07) is 3.59. The fourth-order valence-corrected chi connectivity index (χ4v) is 3.91.